The number of aryl methyl sites for hydroxylation is 1. The highest BCUT2D eigenvalue weighted by Gasteiger charge is 2.07. The fourth-order valence-electron chi connectivity index (χ4n) is 1.69. The third-order valence-electron chi connectivity index (χ3n) is 2.69. The average Bonchev–Trinajstić information content (AvgIpc) is 2.35. The lowest BCUT2D eigenvalue weighted by Crippen LogP contribution is -2.01. The molecule has 2 nitrogen and oxygen atoms in total. The van der Waals surface area contributed by atoms with E-state index in [1.165, 1.54) is 12.5 Å². The van der Waals surface area contributed by atoms with E-state index < -0.39 is 0 Å². The molecule has 0 bridgehead atoms. The van der Waals surface area contributed by atoms with E-state index in [1.807, 2.05) is 19.1 Å². The van der Waals surface area contributed by atoms with Crippen LogP contribution in [-0.4, -0.2) is 5.97 Å². The van der Waals surface area contributed by atoms with Gasteiger partial charge in [-0.05, 0) is 57.7 Å². The molecule has 0 saturated carbocycles. The lowest BCUT2D eigenvalue weighted by molar-refractivity contribution is -0.131. The standard InChI is InChI=1S/C15H12Br2O2/c1-9-3-4-11(7-13(9)16)12-5-6-15(14(17)8-12)19-10(2)18/h3-8H,1-2H3. The van der Waals surface area contributed by atoms with Crippen LogP contribution in [0.3, 0.4) is 0 Å². The highest BCUT2D eigenvalue weighted by molar-refractivity contribution is 9.10. The third-order valence-corrected chi connectivity index (χ3v) is 4.16. The number of esters is 1. The fraction of sp³-hybridized carbons (Fsp3) is 0.133. The lowest BCUT2D eigenvalue weighted by atomic mass is 10.0. The molecule has 0 aromatic heterocycles. The molecule has 0 heterocycles. The van der Waals surface area contributed by atoms with Crippen molar-refractivity contribution in [2.45, 2.75) is 13.8 Å². The van der Waals surface area contributed by atoms with Crippen molar-refractivity contribution in [3.05, 3.63) is 50.9 Å². The van der Waals surface area contributed by atoms with Crippen LogP contribution in [0, 0.1) is 6.92 Å². The third kappa shape index (κ3) is 3.45. The molecule has 2 aromatic rings. The fourth-order valence-corrected chi connectivity index (χ4v) is 2.53. The molecular formula is C15H12Br2O2. The molecule has 0 aliphatic carbocycles. The lowest BCUT2D eigenvalue weighted by Gasteiger charge is -2.08. The Morgan fingerprint density at radius 1 is 1.00 bits per heavy atom. The van der Waals surface area contributed by atoms with Crippen LogP contribution in [0.4, 0.5) is 0 Å². The molecule has 19 heavy (non-hydrogen) atoms. The molecule has 0 N–H and O–H groups in total. The van der Waals surface area contributed by atoms with Crippen LogP contribution in [0.15, 0.2) is 45.3 Å². The summed E-state index contributed by atoms with van der Waals surface area (Å²) in [6.07, 6.45) is 0. The van der Waals surface area contributed by atoms with Crippen molar-refractivity contribution in [3.63, 3.8) is 0 Å². The average molecular weight is 384 g/mol. The van der Waals surface area contributed by atoms with Crippen molar-refractivity contribution in [3.8, 4) is 16.9 Å². The van der Waals surface area contributed by atoms with Gasteiger partial charge in [-0.1, -0.05) is 34.1 Å². The van der Waals surface area contributed by atoms with Crippen molar-refractivity contribution in [2.24, 2.45) is 0 Å². The van der Waals surface area contributed by atoms with Gasteiger partial charge in [-0.2, -0.15) is 0 Å². The molecule has 0 aliphatic rings. The Hall–Kier alpha value is -1.13. The molecular weight excluding hydrogens is 372 g/mol. The second-order valence-corrected chi connectivity index (χ2v) is 5.91. The first-order valence-corrected chi connectivity index (χ1v) is 7.30. The van der Waals surface area contributed by atoms with Gasteiger partial charge in [-0.25, -0.2) is 0 Å². The summed E-state index contributed by atoms with van der Waals surface area (Å²) in [7, 11) is 0. The monoisotopic (exact) mass is 382 g/mol. The number of hydrogen-bond donors (Lipinski definition) is 0. The van der Waals surface area contributed by atoms with Gasteiger partial charge in [-0.3, -0.25) is 4.79 Å². The normalized spacial score (nSPS) is 10.3. The van der Waals surface area contributed by atoms with Gasteiger partial charge < -0.3 is 4.74 Å². The smallest absolute Gasteiger partial charge is 0.308 e. The van der Waals surface area contributed by atoms with Gasteiger partial charge >= 0.3 is 5.97 Å². The highest BCUT2D eigenvalue weighted by atomic mass is 79.9. The van der Waals surface area contributed by atoms with E-state index in [1.54, 1.807) is 6.07 Å². The second kappa shape index (κ2) is 5.88. The number of hydrogen-bond acceptors (Lipinski definition) is 2. The molecule has 0 atom stereocenters. The number of ether oxygens (including phenoxy) is 1. The van der Waals surface area contributed by atoms with Crippen LogP contribution >= 0.6 is 31.9 Å². The Bertz CT molecular complexity index is 636. The van der Waals surface area contributed by atoms with E-state index in [-0.39, 0.29) is 5.97 Å². The van der Waals surface area contributed by atoms with E-state index in [4.69, 9.17) is 4.74 Å². The Morgan fingerprint density at radius 2 is 1.58 bits per heavy atom. The highest BCUT2D eigenvalue weighted by Crippen LogP contribution is 2.32. The van der Waals surface area contributed by atoms with Gasteiger partial charge in [0.2, 0.25) is 0 Å². The van der Waals surface area contributed by atoms with Crippen LogP contribution < -0.4 is 4.74 Å². The van der Waals surface area contributed by atoms with E-state index in [9.17, 15) is 4.79 Å². The summed E-state index contributed by atoms with van der Waals surface area (Å²) in [5, 5.41) is 0. The number of benzene rings is 2. The molecule has 0 saturated heterocycles. The van der Waals surface area contributed by atoms with Crippen LogP contribution in [0.2, 0.25) is 0 Å². The Morgan fingerprint density at radius 3 is 2.11 bits per heavy atom. The van der Waals surface area contributed by atoms with Crippen molar-refractivity contribution in [2.75, 3.05) is 0 Å². The summed E-state index contributed by atoms with van der Waals surface area (Å²) in [5.41, 5.74) is 3.36. The van der Waals surface area contributed by atoms with Crippen LogP contribution in [0.1, 0.15) is 12.5 Å². The Kier molecular flexibility index (Phi) is 4.42. The minimum atomic E-state index is -0.327. The van der Waals surface area contributed by atoms with Crippen molar-refractivity contribution >= 4 is 37.8 Å². The van der Waals surface area contributed by atoms with E-state index >= 15 is 0 Å². The van der Waals surface area contributed by atoms with Crippen LogP contribution in [-0.2, 0) is 4.79 Å². The predicted octanol–water partition coefficient (Wildman–Crippen LogP) is 5.11. The predicted molar refractivity (Wildman–Crippen MR) is 83.3 cm³/mol. The zero-order valence-electron chi connectivity index (χ0n) is 10.5. The summed E-state index contributed by atoms with van der Waals surface area (Å²) in [5.74, 6) is 0.203. The number of halogens is 2. The Labute approximate surface area is 129 Å². The maximum atomic E-state index is 11.0. The number of carbonyl (C=O) groups is 1. The van der Waals surface area contributed by atoms with Gasteiger partial charge in [0, 0.05) is 11.4 Å². The van der Waals surface area contributed by atoms with Crippen molar-refractivity contribution in [1.82, 2.24) is 0 Å². The Balaban J connectivity index is 2.38. The van der Waals surface area contributed by atoms with E-state index in [0.717, 1.165) is 20.1 Å². The summed E-state index contributed by atoms with van der Waals surface area (Å²) >= 11 is 6.94. The zero-order chi connectivity index (χ0) is 14.0. The van der Waals surface area contributed by atoms with Gasteiger partial charge in [-0.15, -0.1) is 0 Å². The first-order chi connectivity index (χ1) is 8.97. The van der Waals surface area contributed by atoms with E-state index in [2.05, 4.69) is 50.1 Å². The van der Waals surface area contributed by atoms with Crippen molar-refractivity contribution in [1.29, 1.82) is 0 Å². The van der Waals surface area contributed by atoms with E-state index in [0.29, 0.717) is 5.75 Å². The van der Waals surface area contributed by atoms with Crippen LogP contribution in [0.5, 0.6) is 5.75 Å². The quantitative estimate of drug-likeness (QED) is 0.531. The maximum Gasteiger partial charge on any atom is 0.308 e. The topological polar surface area (TPSA) is 26.3 Å². The molecule has 4 heteroatoms. The van der Waals surface area contributed by atoms with Gasteiger partial charge in [0.15, 0.2) is 0 Å². The minimum absolute atomic E-state index is 0.327. The molecule has 2 rings (SSSR count). The minimum Gasteiger partial charge on any atom is -0.426 e. The summed E-state index contributed by atoms with van der Waals surface area (Å²) in [4.78, 5) is 11.0. The maximum absolute atomic E-state index is 11.0. The largest absolute Gasteiger partial charge is 0.426 e. The first kappa shape index (κ1) is 14.3. The molecule has 2 aromatic carbocycles. The molecule has 98 valence electrons. The molecule has 0 aliphatic heterocycles. The summed E-state index contributed by atoms with van der Waals surface area (Å²) < 4.78 is 6.92. The summed E-state index contributed by atoms with van der Waals surface area (Å²) in [6.45, 7) is 3.44. The molecule has 0 radical (unpaired) electrons. The number of rotatable bonds is 2. The molecule has 0 amide bonds. The van der Waals surface area contributed by atoms with Crippen LogP contribution in [0.25, 0.3) is 11.1 Å². The van der Waals surface area contributed by atoms with Gasteiger partial charge in [0.1, 0.15) is 5.75 Å². The van der Waals surface area contributed by atoms with Gasteiger partial charge in [0.25, 0.3) is 0 Å². The van der Waals surface area contributed by atoms with Gasteiger partial charge in [0.05, 0.1) is 4.47 Å². The first-order valence-electron chi connectivity index (χ1n) is 5.72. The SMILES string of the molecule is CC(=O)Oc1ccc(-c2ccc(C)c(Br)c2)cc1Br. The second-order valence-electron chi connectivity index (χ2n) is 4.20. The number of carbonyl (C=O) groups excluding carboxylic acids is 1. The molecule has 0 spiro atoms. The molecule has 0 unspecified atom stereocenters. The van der Waals surface area contributed by atoms with Crippen molar-refractivity contribution < 1.29 is 9.53 Å². The summed E-state index contributed by atoms with van der Waals surface area (Å²) in [6, 6.07) is 11.9. The zero-order valence-corrected chi connectivity index (χ0v) is 13.7. The molecule has 0 fully saturated rings.